The molecule has 5 aromatic rings. The maximum Gasteiger partial charge on any atom is 0.337 e. The van der Waals surface area contributed by atoms with E-state index < -0.39 is 0 Å². The van der Waals surface area contributed by atoms with E-state index in [2.05, 4.69) is 0 Å². The zero-order valence-electron chi connectivity index (χ0n) is 17.8. The molecule has 0 saturated carbocycles. The first-order chi connectivity index (χ1) is 16.2. The predicted molar refractivity (Wildman–Crippen MR) is 129 cm³/mol. The van der Waals surface area contributed by atoms with E-state index in [9.17, 15) is 9.90 Å². The number of phenolic OH excluding ortho intramolecular Hbond substituents is 1. The number of aromatic nitrogens is 2. The van der Waals surface area contributed by atoms with Crippen molar-refractivity contribution in [2.45, 2.75) is 6.42 Å². The molecule has 0 amide bonds. The molecule has 33 heavy (non-hydrogen) atoms. The van der Waals surface area contributed by atoms with Crippen molar-refractivity contribution in [1.82, 2.24) is 9.13 Å². The summed E-state index contributed by atoms with van der Waals surface area (Å²) in [7, 11) is 0. The number of imidazole rings is 1. The molecular weight excluding hydrogens is 412 g/mol. The van der Waals surface area contributed by atoms with Crippen LogP contribution in [0.5, 0.6) is 17.2 Å². The standard InChI is InChI=1S/C28H22N2O3/c31-27-16-13-24(20-22(27)19-21-7-3-1-4-8-21)30-18-17-29(28(30)32)23-11-14-26(15-12-23)33-25-9-5-2-6-10-25/h1-18,20,31H,19H2. The summed E-state index contributed by atoms with van der Waals surface area (Å²) in [4.78, 5) is 13.1. The van der Waals surface area contributed by atoms with Crippen molar-refractivity contribution in [3.63, 3.8) is 0 Å². The van der Waals surface area contributed by atoms with Crippen LogP contribution in [0, 0.1) is 0 Å². The van der Waals surface area contributed by atoms with E-state index in [0.717, 1.165) is 22.6 Å². The second-order valence-corrected chi connectivity index (χ2v) is 7.71. The maximum absolute atomic E-state index is 13.1. The molecule has 5 nitrogen and oxygen atoms in total. The number of phenols is 1. The van der Waals surface area contributed by atoms with Crippen molar-refractivity contribution in [3.8, 4) is 28.6 Å². The summed E-state index contributed by atoms with van der Waals surface area (Å²) in [6, 6.07) is 32.1. The van der Waals surface area contributed by atoms with Gasteiger partial charge in [0, 0.05) is 24.4 Å². The van der Waals surface area contributed by atoms with Gasteiger partial charge in [-0.3, -0.25) is 9.13 Å². The Bertz CT molecular complexity index is 1420. The number of para-hydroxylation sites is 1. The first kappa shape index (κ1) is 20.4. The van der Waals surface area contributed by atoms with Gasteiger partial charge in [-0.25, -0.2) is 4.79 Å². The number of aromatic hydroxyl groups is 1. The average molecular weight is 434 g/mol. The second-order valence-electron chi connectivity index (χ2n) is 7.71. The number of rotatable bonds is 6. The number of benzene rings is 4. The van der Waals surface area contributed by atoms with E-state index in [-0.39, 0.29) is 11.4 Å². The molecule has 0 atom stereocenters. The molecule has 1 aromatic heterocycles. The van der Waals surface area contributed by atoms with E-state index in [1.54, 1.807) is 33.7 Å². The van der Waals surface area contributed by atoms with Gasteiger partial charge >= 0.3 is 5.69 Å². The Morgan fingerprint density at radius 2 is 1.24 bits per heavy atom. The van der Waals surface area contributed by atoms with Crippen LogP contribution in [0.2, 0.25) is 0 Å². The van der Waals surface area contributed by atoms with Crippen LogP contribution in [0.1, 0.15) is 11.1 Å². The Balaban J connectivity index is 1.40. The maximum atomic E-state index is 13.1. The number of hydrogen-bond acceptors (Lipinski definition) is 3. The fraction of sp³-hybridized carbons (Fsp3) is 0.0357. The summed E-state index contributed by atoms with van der Waals surface area (Å²) in [5.41, 5.74) is 3.10. The molecule has 0 fully saturated rings. The van der Waals surface area contributed by atoms with E-state index in [1.807, 2.05) is 91.0 Å². The summed E-state index contributed by atoms with van der Waals surface area (Å²) >= 11 is 0. The minimum absolute atomic E-state index is 0.192. The van der Waals surface area contributed by atoms with E-state index in [4.69, 9.17) is 4.74 Å². The molecule has 0 aliphatic rings. The van der Waals surface area contributed by atoms with Gasteiger partial charge in [0.25, 0.3) is 0 Å². The van der Waals surface area contributed by atoms with Gasteiger partial charge in [0.1, 0.15) is 17.2 Å². The Morgan fingerprint density at radius 1 is 0.667 bits per heavy atom. The average Bonchev–Trinajstić information content (AvgIpc) is 3.23. The first-order valence-corrected chi connectivity index (χ1v) is 10.7. The molecule has 5 rings (SSSR count). The van der Waals surface area contributed by atoms with E-state index in [1.165, 1.54) is 0 Å². The smallest absolute Gasteiger partial charge is 0.337 e. The molecule has 1 heterocycles. The zero-order chi connectivity index (χ0) is 22.6. The van der Waals surface area contributed by atoms with Crippen LogP contribution < -0.4 is 10.4 Å². The lowest BCUT2D eigenvalue weighted by Crippen LogP contribution is -2.21. The Kier molecular flexibility index (Phi) is 5.52. The summed E-state index contributed by atoms with van der Waals surface area (Å²) in [6.45, 7) is 0. The van der Waals surface area contributed by atoms with Gasteiger partial charge < -0.3 is 9.84 Å². The van der Waals surface area contributed by atoms with Gasteiger partial charge in [-0.15, -0.1) is 0 Å². The van der Waals surface area contributed by atoms with Crippen LogP contribution in [-0.2, 0) is 6.42 Å². The van der Waals surface area contributed by atoms with Crippen molar-refractivity contribution in [2.24, 2.45) is 0 Å². The molecule has 0 unspecified atom stereocenters. The van der Waals surface area contributed by atoms with Gasteiger partial charge in [-0.05, 0) is 60.2 Å². The zero-order valence-corrected chi connectivity index (χ0v) is 17.8. The number of ether oxygens (including phenoxy) is 1. The molecule has 0 aliphatic carbocycles. The third-order valence-corrected chi connectivity index (χ3v) is 5.45. The molecular formula is C28H22N2O3. The molecule has 0 spiro atoms. The van der Waals surface area contributed by atoms with Gasteiger partial charge in [0.05, 0.1) is 11.4 Å². The molecule has 0 saturated heterocycles. The molecule has 0 radical (unpaired) electrons. The Labute approximate surface area is 191 Å². The van der Waals surface area contributed by atoms with Crippen molar-refractivity contribution in [2.75, 3.05) is 0 Å². The number of hydrogen-bond donors (Lipinski definition) is 1. The highest BCUT2D eigenvalue weighted by Gasteiger charge is 2.11. The lowest BCUT2D eigenvalue weighted by Gasteiger charge is -2.09. The minimum Gasteiger partial charge on any atom is -0.508 e. The van der Waals surface area contributed by atoms with Crippen LogP contribution >= 0.6 is 0 Å². The Morgan fingerprint density at radius 3 is 1.94 bits per heavy atom. The Hall–Kier alpha value is -4.51. The summed E-state index contributed by atoms with van der Waals surface area (Å²) in [5.74, 6) is 1.66. The summed E-state index contributed by atoms with van der Waals surface area (Å²) in [5, 5.41) is 10.3. The van der Waals surface area contributed by atoms with Crippen molar-refractivity contribution in [1.29, 1.82) is 0 Å². The fourth-order valence-electron chi connectivity index (χ4n) is 3.75. The van der Waals surface area contributed by atoms with Crippen molar-refractivity contribution >= 4 is 0 Å². The predicted octanol–water partition coefficient (Wildman–Crippen LogP) is 5.72. The van der Waals surface area contributed by atoms with E-state index in [0.29, 0.717) is 17.9 Å². The van der Waals surface area contributed by atoms with Gasteiger partial charge in [0.15, 0.2) is 0 Å². The highest BCUT2D eigenvalue weighted by molar-refractivity contribution is 5.46. The van der Waals surface area contributed by atoms with Crippen LogP contribution in [0.4, 0.5) is 0 Å². The monoisotopic (exact) mass is 434 g/mol. The lowest BCUT2D eigenvalue weighted by atomic mass is 10.0. The molecule has 5 heteroatoms. The highest BCUT2D eigenvalue weighted by atomic mass is 16.5. The van der Waals surface area contributed by atoms with Crippen molar-refractivity contribution < 1.29 is 9.84 Å². The molecule has 0 aliphatic heterocycles. The molecule has 1 N–H and O–H groups in total. The second kappa shape index (κ2) is 8.93. The number of nitrogens with zero attached hydrogens (tertiary/aromatic N) is 2. The van der Waals surface area contributed by atoms with Gasteiger partial charge in [-0.1, -0.05) is 48.5 Å². The quantitative estimate of drug-likeness (QED) is 0.372. The SMILES string of the molecule is O=c1n(-c2ccc(Oc3ccccc3)cc2)ccn1-c1ccc(O)c(Cc2ccccc2)c1. The molecule has 0 bridgehead atoms. The van der Waals surface area contributed by atoms with Gasteiger partial charge in [0.2, 0.25) is 0 Å². The van der Waals surface area contributed by atoms with Crippen LogP contribution in [-0.4, -0.2) is 14.2 Å². The van der Waals surface area contributed by atoms with Crippen LogP contribution in [0.25, 0.3) is 11.4 Å². The van der Waals surface area contributed by atoms with E-state index >= 15 is 0 Å². The van der Waals surface area contributed by atoms with Crippen LogP contribution in [0.15, 0.2) is 120 Å². The lowest BCUT2D eigenvalue weighted by molar-refractivity contribution is 0.469. The normalized spacial score (nSPS) is 10.8. The molecule has 162 valence electrons. The third kappa shape index (κ3) is 4.43. The minimum atomic E-state index is -0.192. The summed E-state index contributed by atoms with van der Waals surface area (Å²) in [6.07, 6.45) is 4.05. The molecule has 4 aromatic carbocycles. The highest BCUT2D eigenvalue weighted by Crippen LogP contribution is 2.24. The van der Waals surface area contributed by atoms with Gasteiger partial charge in [-0.2, -0.15) is 0 Å². The largest absolute Gasteiger partial charge is 0.508 e. The van der Waals surface area contributed by atoms with Crippen LogP contribution in [0.3, 0.4) is 0 Å². The third-order valence-electron chi connectivity index (χ3n) is 5.45. The van der Waals surface area contributed by atoms with Crippen molar-refractivity contribution in [3.05, 3.63) is 137 Å². The fourth-order valence-corrected chi connectivity index (χ4v) is 3.75. The topological polar surface area (TPSA) is 56.4 Å². The first-order valence-electron chi connectivity index (χ1n) is 10.7. The summed E-state index contributed by atoms with van der Waals surface area (Å²) < 4.78 is 8.98.